The highest BCUT2D eigenvalue weighted by molar-refractivity contribution is 5.42. The Morgan fingerprint density at radius 2 is 1.78 bits per heavy atom. The van der Waals surface area contributed by atoms with E-state index in [1.807, 2.05) is 6.08 Å². The van der Waals surface area contributed by atoms with E-state index in [1.165, 1.54) is 23.1 Å². The summed E-state index contributed by atoms with van der Waals surface area (Å²) >= 11 is 0. The van der Waals surface area contributed by atoms with Crippen molar-refractivity contribution < 1.29 is 0 Å². The molecular formula is C27H42. The van der Waals surface area contributed by atoms with Crippen molar-refractivity contribution in [2.75, 3.05) is 0 Å². The van der Waals surface area contributed by atoms with Crippen LogP contribution >= 0.6 is 0 Å². The number of hydrogen-bond donors (Lipinski definition) is 0. The second-order valence-corrected chi connectivity index (χ2v) is 7.68. The highest BCUT2D eigenvalue weighted by Gasteiger charge is 2.31. The minimum atomic E-state index is -0.0519. The van der Waals surface area contributed by atoms with Crippen molar-refractivity contribution in [1.82, 2.24) is 0 Å². The molecule has 2 unspecified atom stereocenters. The zero-order chi connectivity index (χ0) is 20.7. The van der Waals surface area contributed by atoms with E-state index in [-0.39, 0.29) is 5.41 Å². The fourth-order valence-corrected chi connectivity index (χ4v) is 3.26. The van der Waals surface area contributed by atoms with Gasteiger partial charge in [0.05, 0.1) is 0 Å². The lowest BCUT2D eigenvalue weighted by atomic mass is 9.69. The van der Waals surface area contributed by atoms with E-state index < -0.39 is 0 Å². The van der Waals surface area contributed by atoms with Gasteiger partial charge in [0.15, 0.2) is 0 Å². The third kappa shape index (κ3) is 9.09. The van der Waals surface area contributed by atoms with Gasteiger partial charge in [-0.25, -0.2) is 0 Å². The van der Waals surface area contributed by atoms with Crippen LogP contribution in [0.4, 0.5) is 0 Å². The van der Waals surface area contributed by atoms with Gasteiger partial charge in [-0.15, -0.1) is 13.2 Å². The first kappa shape index (κ1) is 25.2. The molecule has 0 fully saturated rings. The van der Waals surface area contributed by atoms with Crippen LogP contribution in [-0.2, 0) is 0 Å². The quantitative estimate of drug-likeness (QED) is 0.225. The van der Waals surface area contributed by atoms with Crippen LogP contribution in [0, 0.1) is 11.3 Å². The van der Waals surface area contributed by atoms with Crippen LogP contribution in [0.25, 0.3) is 0 Å². The van der Waals surface area contributed by atoms with Gasteiger partial charge in [-0.1, -0.05) is 93.0 Å². The van der Waals surface area contributed by atoms with Crippen LogP contribution in [0.1, 0.15) is 73.6 Å². The summed E-state index contributed by atoms with van der Waals surface area (Å²) < 4.78 is 0. The molecule has 0 heterocycles. The Kier molecular flexibility index (Phi) is 13.3. The summed E-state index contributed by atoms with van der Waals surface area (Å²) in [6.45, 7) is 21.4. The molecule has 0 N–H and O–H groups in total. The Balaban J connectivity index is 6.67. The predicted octanol–water partition coefficient (Wildman–Crippen LogP) is 8.92. The Morgan fingerprint density at radius 1 is 1.07 bits per heavy atom. The maximum Gasteiger partial charge on any atom is 0.00801 e. The van der Waals surface area contributed by atoms with E-state index in [2.05, 4.69) is 103 Å². The summed E-state index contributed by atoms with van der Waals surface area (Å²) in [5.74, 6) is 0.293. The van der Waals surface area contributed by atoms with Crippen molar-refractivity contribution in [2.45, 2.75) is 73.6 Å². The average Bonchev–Trinajstić information content (AvgIpc) is 2.63. The molecule has 0 rings (SSSR count). The Bertz CT molecular complexity index is 588. The summed E-state index contributed by atoms with van der Waals surface area (Å²) in [6, 6.07) is 0. The third-order valence-electron chi connectivity index (χ3n) is 4.84. The van der Waals surface area contributed by atoms with E-state index in [1.54, 1.807) is 0 Å². The molecule has 0 aliphatic heterocycles. The predicted molar refractivity (Wildman–Crippen MR) is 126 cm³/mol. The molecule has 0 aromatic carbocycles. The van der Waals surface area contributed by atoms with Gasteiger partial charge in [0.25, 0.3) is 0 Å². The van der Waals surface area contributed by atoms with Crippen molar-refractivity contribution in [3.8, 4) is 0 Å². The van der Waals surface area contributed by atoms with Crippen LogP contribution in [-0.4, -0.2) is 0 Å². The molecular weight excluding hydrogens is 324 g/mol. The van der Waals surface area contributed by atoms with Gasteiger partial charge >= 0.3 is 0 Å². The molecule has 0 aromatic heterocycles. The fourth-order valence-electron chi connectivity index (χ4n) is 3.26. The van der Waals surface area contributed by atoms with Crippen LogP contribution in [0.15, 0.2) is 84.6 Å². The second kappa shape index (κ2) is 14.3. The summed E-state index contributed by atoms with van der Waals surface area (Å²) in [4.78, 5) is 0. The maximum atomic E-state index is 4.18. The molecule has 0 spiro atoms. The van der Waals surface area contributed by atoms with Gasteiger partial charge in [-0.3, -0.25) is 0 Å². The minimum Gasteiger partial charge on any atom is -0.103 e. The highest BCUT2D eigenvalue weighted by atomic mass is 14.3. The molecule has 0 aliphatic rings. The lowest BCUT2D eigenvalue weighted by molar-refractivity contribution is 0.345. The maximum absolute atomic E-state index is 4.18. The van der Waals surface area contributed by atoms with E-state index in [9.17, 15) is 0 Å². The average molecular weight is 367 g/mol. The third-order valence-corrected chi connectivity index (χ3v) is 4.84. The summed E-state index contributed by atoms with van der Waals surface area (Å²) in [5.41, 5.74) is 4.07. The molecule has 0 amide bonds. The van der Waals surface area contributed by atoms with Crippen LogP contribution < -0.4 is 0 Å². The van der Waals surface area contributed by atoms with E-state index in [0.717, 1.165) is 25.7 Å². The zero-order valence-electron chi connectivity index (χ0n) is 18.7. The number of rotatable bonds is 13. The van der Waals surface area contributed by atoms with Gasteiger partial charge in [0, 0.05) is 5.92 Å². The van der Waals surface area contributed by atoms with Crippen molar-refractivity contribution in [1.29, 1.82) is 0 Å². The van der Waals surface area contributed by atoms with Gasteiger partial charge in [0.1, 0.15) is 0 Å². The largest absolute Gasteiger partial charge is 0.103 e. The summed E-state index contributed by atoms with van der Waals surface area (Å²) in [6.07, 6.45) is 25.4. The first-order valence-electron chi connectivity index (χ1n) is 10.5. The lowest BCUT2D eigenvalue weighted by Gasteiger charge is -2.35. The normalized spacial score (nSPS) is 16.4. The molecule has 0 heteroatoms. The number of hydrogen-bond acceptors (Lipinski definition) is 0. The molecule has 0 nitrogen and oxygen atoms in total. The fraction of sp³-hybridized carbons (Fsp3) is 0.481. The molecule has 2 atom stereocenters. The summed E-state index contributed by atoms with van der Waals surface area (Å²) in [5, 5.41) is 0. The van der Waals surface area contributed by atoms with E-state index in [0.29, 0.717) is 5.92 Å². The smallest absolute Gasteiger partial charge is 0.00801 e. The van der Waals surface area contributed by atoms with E-state index >= 15 is 0 Å². The number of allylic oxidation sites excluding steroid dienone is 12. The summed E-state index contributed by atoms with van der Waals surface area (Å²) in [7, 11) is 0. The van der Waals surface area contributed by atoms with Crippen LogP contribution in [0.2, 0.25) is 0 Å². The van der Waals surface area contributed by atoms with Crippen molar-refractivity contribution in [3.63, 3.8) is 0 Å². The Labute approximate surface area is 169 Å². The SMILES string of the molecule is C=CCC(C)(C=C)C(/C=C/CC)/C(CC=CC)=C(C=C(C)C)\C=C\CCC. The molecule has 0 saturated carbocycles. The lowest BCUT2D eigenvalue weighted by Crippen LogP contribution is -2.25. The highest BCUT2D eigenvalue weighted by Crippen LogP contribution is 2.42. The molecule has 0 aromatic rings. The molecule has 0 saturated heterocycles. The van der Waals surface area contributed by atoms with Crippen LogP contribution in [0.5, 0.6) is 0 Å². The van der Waals surface area contributed by atoms with Crippen molar-refractivity contribution in [3.05, 3.63) is 84.6 Å². The van der Waals surface area contributed by atoms with E-state index in [4.69, 9.17) is 0 Å². The molecule has 0 bridgehead atoms. The number of unbranched alkanes of at least 4 members (excludes halogenated alkanes) is 1. The minimum absolute atomic E-state index is 0.0519. The van der Waals surface area contributed by atoms with Crippen LogP contribution in [0.3, 0.4) is 0 Å². The van der Waals surface area contributed by atoms with Crippen molar-refractivity contribution in [2.24, 2.45) is 11.3 Å². The second-order valence-electron chi connectivity index (χ2n) is 7.68. The zero-order valence-corrected chi connectivity index (χ0v) is 18.7. The molecule has 150 valence electrons. The first-order chi connectivity index (χ1) is 12.9. The first-order valence-corrected chi connectivity index (χ1v) is 10.5. The Morgan fingerprint density at radius 3 is 2.26 bits per heavy atom. The van der Waals surface area contributed by atoms with Gasteiger partial charge in [-0.05, 0) is 57.4 Å². The Hall–Kier alpha value is -1.82. The van der Waals surface area contributed by atoms with Gasteiger partial charge in [-0.2, -0.15) is 0 Å². The topological polar surface area (TPSA) is 0 Å². The van der Waals surface area contributed by atoms with Crippen molar-refractivity contribution >= 4 is 0 Å². The van der Waals surface area contributed by atoms with Gasteiger partial charge < -0.3 is 0 Å². The molecule has 0 aliphatic carbocycles. The monoisotopic (exact) mass is 366 g/mol. The van der Waals surface area contributed by atoms with Gasteiger partial charge in [0.2, 0.25) is 0 Å². The standard InChI is InChI=1S/C27H42/c1-9-14-17-18-24(22-23(6)7)25(19-15-10-2)26(20-16-11-3)27(8,13-5)21-12-4/h10,12-13,15-18,20,22,26H,4-5,9,11,14,19,21H2,1-3,6-8H3/b15-10?,18-17+,20-16+,25-24+. The molecule has 0 radical (unpaired) electrons. The molecule has 27 heavy (non-hydrogen) atoms.